The SMILES string of the molecule is Fc1cc(F)cc(-c2cccc(-c3cc(F)cc(F)c3)n2)c1. The predicted octanol–water partition coefficient (Wildman–Crippen LogP) is 4.97. The van der Waals surface area contributed by atoms with Crippen molar-refractivity contribution in [1.82, 2.24) is 4.98 Å². The third-order valence-corrected chi connectivity index (χ3v) is 3.07. The Labute approximate surface area is 123 Å². The highest BCUT2D eigenvalue weighted by molar-refractivity contribution is 5.66. The van der Waals surface area contributed by atoms with E-state index in [0.717, 1.165) is 36.4 Å². The van der Waals surface area contributed by atoms with Crippen LogP contribution in [0.3, 0.4) is 0 Å². The predicted molar refractivity (Wildman–Crippen MR) is 74.9 cm³/mol. The second kappa shape index (κ2) is 5.60. The summed E-state index contributed by atoms with van der Waals surface area (Å²) in [6.45, 7) is 0. The van der Waals surface area contributed by atoms with Gasteiger partial charge in [0.1, 0.15) is 23.3 Å². The minimum atomic E-state index is -0.723. The van der Waals surface area contributed by atoms with Gasteiger partial charge in [0, 0.05) is 23.3 Å². The van der Waals surface area contributed by atoms with Crippen LogP contribution >= 0.6 is 0 Å². The number of aromatic nitrogens is 1. The number of nitrogens with zero attached hydrogens (tertiary/aromatic N) is 1. The van der Waals surface area contributed by atoms with E-state index in [1.807, 2.05) is 0 Å². The Balaban J connectivity index is 2.09. The average Bonchev–Trinajstić information content (AvgIpc) is 2.45. The summed E-state index contributed by atoms with van der Waals surface area (Å²) >= 11 is 0. The molecule has 22 heavy (non-hydrogen) atoms. The Morgan fingerprint density at radius 1 is 0.545 bits per heavy atom. The van der Waals surface area contributed by atoms with E-state index >= 15 is 0 Å². The number of hydrogen-bond donors (Lipinski definition) is 0. The van der Waals surface area contributed by atoms with Crippen LogP contribution in [0.5, 0.6) is 0 Å². The van der Waals surface area contributed by atoms with Gasteiger partial charge in [-0.2, -0.15) is 0 Å². The van der Waals surface area contributed by atoms with Crippen molar-refractivity contribution in [3.63, 3.8) is 0 Å². The molecule has 0 aliphatic rings. The van der Waals surface area contributed by atoms with Crippen molar-refractivity contribution < 1.29 is 17.6 Å². The summed E-state index contributed by atoms with van der Waals surface area (Å²) < 4.78 is 53.1. The molecule has 0 atom stereocenters. The smallest absolute Gasteiger partial charge is 0.126 e. The fourth-order valence-electron chi connectivity index (χ4n) is 2.16. The quantitative estimate of drug-likeness (QED) is 0.609. The lowest BCUT2D eigenvalue weighted by Crippen LogP contribution is -1.91. The maximum Gasteiger partial charge on any atom is 0.126 e. The first-order valence-corrected chi connectivity index (χ1v) is 6.41. The van der Waals surface area contributed by atoms with Crippen LogP contribution in [0, 0.1) is 23.3 Å². The molecule has 0 fully saturated rings. The third kappa shape index (κ3) is 2.98. The normalized spacial score (nSPS) is 10.7. The van der Waals surface area contributed by atoms with Gasteiger partial charge in [-0.1, -0.05) is 6.07 Å². The lowest BCUT2D eigenvalue weighted by atomic mass is 10.1. The maximum atomic E-state index is 13.3. The van der Waals surface area contributed by atoms with Crippen LogP contribution in [-0.4, -0.2) is 4.98 Å². The number of halogens is 4. The fraction of sp³-hybridized carbons (Fsp3) is 0. The Bertz CT molecular complexity index is 739. The molecule has 5 heteroatoms. The van der Waals surface area contributed by atoms with E-state index < -0.39 is 23.3 Å². The van der Waals surface area contributed by atoms with E-state index in [4.69, 9.17) is 0 Å². The molecule has 2 aromatic carbocycles. The Morgan fingerprint density at radius 3 is 1.27 bits per heavy atom. The lowest BCUT2D eigenvalue weighted by molar-refractivity contribution is 0.583. The molecule has 0 amide bonds. The molecule has 110 valence electrons. The molecule has 1 nitrogen and oxygen atoms in total. The second-order valence-electron chi connectivity index (χ2n) is 4.72. The summed E-state index contributed by atoms with van der Waals surface area (Å²) in [6.07, 6.45) is 0. The number of hydrogen-bond acceptors (Lipinski definition) is 1. The lowest BCUT2D eigenvalue weighted by Gasteiger charge is -2.06. The molecule has 1 aromatic heterocycles. The minimum Gasteiger partial charge on any atom is -0.248 e. The van der Waals surface area contributed by atoms with Crippen LogP contribution in [0.25, 0.3) is 22.5 Å². The number of pyridine rings is 1. The molecule has 0 saturated carbocycles. The van der Waals surface area contributed by atoms with Crippen molar-refractivity contribution in [3.8, 4) is 22.5 Å². The van der Waals surface area contributed by atoms with Gasteiger partial charge < -0.3 is 0 Å². The highest BCUT2D eigenvalue weighted by atomic mass is 19.1. The van der Waals surface area contributed by atoms with Crippen molar-refractivity contribution in [2.24, 2.45) is 0 Å². The van der Waals surface area contributed by atoms with E-state index in [-0.39, 0.29) is 11.1 Å². The topological polar surface area (TPSA) is 12.9 Å². The molecule has 0 unspecified atom stereocenters. The summed E-state index contributed by atoms with van der Waals surface area (Å²) in [5, 5.41) is 0. The van der Waals surface area contributed by atoms with Gasteiger partial charge >= 0.3 is 0 Å². The number of rotatable bonds is 2. The maximum absolute atomic E-state index is 13.3. The zero-order valence-electron chi connectivity index (χ0n) is 11.2. The fourth-order valence-corrected chi connectivity index (χ4v) is 2.16. The van der Waals surface area contributed by atoms with Crippen LogP contribution in [0.4, 0.5) is 17.6 Å². The summed E-state index contributed by atoms with van der Waals surface area (Å²) in [7, 11) is 0. The van der Waals surface area contributed by atoms with Gasteiger partial charge in [-0.3, -0.25) is 0 Å². The first kappa shape index (κ1) is 14.3. The first-order valence-electron chi connectivity index (χ1n) is 6.41. The molecule has 0 N–H and O–H groups in total. The highest BCUT2D eigenvalue weighted by Gasteiger charge is 2.08. The Morgan fingerprint density at radius 2 is 0.909 bits per heavy atom. The second-order valence-corrected chi connectivity index (χ2v) is 4.72. The minimum absolute atomic E-state index is 0.247. The summed E-state index contributed by atoms with van der Waals surface area (Å²) in [5.41, 5.74) is 1.11. The molecular weight excluding hydrogens is 294 g/mol. The standard InChI is InChI=1S/C17H9F4N/c18-12-4-10(5-13(19)8-12)16-2-1-3-17(22-16)11-6-14(20)9-15(21)7-11/h1-9H. The first-order chi connectivity index (χ1) is 10.5. The van der Waals surface area contributed by atoms with Gasteiger partial charge in [-0.05, 0) is 36.4 Å². The van der Waals surface area contributed by atoms with Crippen molar-refractivity contribution in [2.45, 2.75) is 0 Å². The zero-order valence-corrected chi connectivity index (χ0v) is 11.2. The molecule has 0 spiro atoms. The average molecular weight is 303 g/mol. The molecule has 3 aromatic rings. The summed E-state index contributed by atoms with van der Waals surface area (Å²) in [6, 6.07) is 10.8. The molecule has 1 heterocycles. The van der Waals surface area contributed by atoms with Gasteiger partial charge in [-0.25, -0.2) is 22.5 Å². The van der Waals surface area contributed by atoms with Crippen molar-refractivity contribution >= 4 is 0 Å². The van der Waals surface area contributed by atoms with Crippen molar-refractivity contribution in [1.29, 1.82) is 0 Å². The summed E-state index contributed by atoms with van der Waals surface area (Å²) in [4.78, 5) is 4.21. The highest BCUT2D eigenvalue weighted by Crippen LogP contribution is 2.25. The van der Waals surface area contributed by atoms with Gasteiger partial charge in [0.2, 0.25) is 0 Å². The van der Waals surface area contributed by atoms with Crippen LogP contribution < -0.4 is 0 Å². The van der Waals surface area contributed by atoms with E-state index in [1.54, 1.807) is 18.2 Å². The van der Waals surface area contributed by atoms with Crippen LogP contribution in [0.15, 0.2) is 54.6 Å². The Hall–Kier alpha value is -2.69. The van der Waals surface area contributed by atoms with E-state index in [2.05, 4.69) is 4.98 Å². The van der Waals surface area contributed by atoms with Gasteiger partial charge in [-0.15, -0.1) is 0 Å². The largest absolute Gasteiger partial charge is 0.248 e. The van der Waals surface area contributed by atoms with Crippen LogP contribution in [0.2, 0.25) is 0 Å². The molecule has 0 bridgehead atoms. The van der Waals surface area contributed by atoms with E-state index in [0.29, 0.717) is 11.4 Å². The molecule has 0 aliphatic heterocycles. The van der Waals surface area contributed by atoms with Gasteiger partial charge in [0.15, 0.2) is 0 Å². The van der Waals surface area contributed by atoms with Crippen LogP contribution in [0.1, 0.15) is 0 Å². The number of benzene rings is 2. The van der Waals surface area contributed by atoms with E-state index in [1.165, 1.54) is 0 Å². The molecule has 3 rings (SSSR count). The monoisotopic (exact) mass is 303 g/mol. The Kier molecular flexibility index (Phi) is 3.63. The molecule has 0 radical (unpaired) electrons. The third-order valence-electron chi connectivity index (χ3n) is 3.07. The molecule has 0 saturated heterocycles. The van der Waals surface area contributed by atoms with E-state index in [9.17, 15) is 17.6 Å². The zero-order chi connectivity index (χ0) is 15.7. The van der Waals surface area contributed by atoms with Crippen molar-refractivity contribution in [3.05, 3.63) is 77.9 Å². The van der Waals surface area contributed by atoms with Crippen molar-refractivity contribution in [2.75, 3.05) is 0 Å². The van der Waals surface area contributed by atoms with Crippen LogP contribution in [-0.2, 0) is 0 Å². The molecule has 0 aliphatic carbocycles. The van der Waals surface area contributed by atoms with Gasteiger partial charge in [0.25, 0.3) is 0 Å². The molecular formula is C17H9F4N. The summed E-state index contributed by atoms with van der Waals surface area (Å²) in [5.74, 6) is -2.89. The van der Waals surface area contributed by atoms with Gasteiger partial charge in [0.05, 0.1) is 11.4 Å².